The highest BCUT2D eigenvalue weighted by Crippen LogP contribution is 2.16. The number of unbranched alkanes of at least 4 members (excludes halogenated alkanes) is 2. The average Bonchev–Trinajstić information content (AvgIpc) is 2.33. The summed E-state index contributed by atoms with van der Waals surface area (Å²) in [6.45, 7) is 7.16. The highest BCUT2D eigenvalue weighted by molar-refractivity contribution is 5.27. The van der Waals surface area contributed by atoms with E-state index in [-0.39, 0.29) is 5.54 Å². The number of hydrogen-bond donors (Lipinski definition) is 1. The molecule has 0 radical (unpaired) electrons. The van der Waals surface area contributed by atoms with Gasteiger partial charge in [0.15, 0.2) is 0 Å². The second-order valence-electron chi connectivity index (χ2n) is 5.69. The van der Waals surface area contributed by atoms with Crippen LogP contribution in [-0.4, -0.2) is 12.1 Å². The monoisotopic (exact) mass is 249 g/mol. The van der Waals surface area contributed by atoms with E-state index >= 15 is 0 Å². The fourth-order valence-corrected chi connectivity index (χ4v) is 1.76. The molecule has 0 bridgehead atoms. The highest BCUT2D eigenvalue weighted by atomic mass is 16.5. The van der Waals surface area contributed by atoms with Gasteiger partial charge in [0.05, 0.1) is 6.61 Å². The van der Waals surface area contributed by atoms with E-state index in [4.69, 9.17) is 10.5 Å². The van der Waals surface area contributed by atoms with E-state index < -0.39 is 0 Å². The van der Waals surface area contributed by atoms with Crippen molar-refractivity contribution in [1.29, 1.82) is 0 Å². The van der Waals surface area contributed by atoms with Crippen LogP contribution in [0.5, 0.6) is 5.75 Å². The summed E-state index contributed by atoms with van der Waals surface area (Å²) in [5.41, 5.74) is 7.22. The first kappa shape index (κ1) is 15.0. The lowest BCUT2D eigenvalue weighted by Gasteiger charge is -2.18. The summed E-state index contributed by atoms with van der Waals surface area (Å²) >= 11 is 0. The topological polar surface area (TPSA) is 35.2 Å². The van der Waals surface area contributed by atoms with Gasteiger partial charge in [-0.3, -0.25) is 0 Å². The standard InChI is InChI=1S/C16H27NO/c1-4-5-6-13-18-15-9-7-14(8-10-15)11-12-16(2,3)17/h7-10H,4-6,11-13,17H2,1-3H3. The predicted octanol–water partition coefficient (Wildman–Crippen LogP) is 3.93. The van der Waals surface area contributed by atoms with Crippen LogP contribution in [0.4, 0.5) is 0 Å². The minimum atomic E-state index is -0.0880. The molecule has 2 N–H and O–H groups in total. The molecule has 0 saturated heterocycles. The van der Waals surface area contributed by atoms with Crippen molar-refractivity contribution < 1.29 is 4.74 Å². The Bertz CT molecular complexity index is 324. The Balaban J connectivity index is 2.33. The summed E-state index contributed by atoms with van der Waals surface area (Å²) in [6, 6.07) is 8.40. The zero-order valence-corrected chi connectivity index (χ0v) is 12.0. The summed E-state index contributed by atoms with van der Waals surface area (Å²) in [4.78, 5) is 0. The van der Waals surface area contributed by atoms with Gasteiger partial charge in [0.1, 0.15) is 5.75 Å². The van der Waals surface area contributed by atoms with Gasteiger partial charge in [-0.05, 0) is 50.8 Å². The molecule has 18 heavy (non-hydrogen) atoms. The first-order valence-corrected chi connectivity index (χ1v) is 7.02. The summed E-state index contributed by atoms with van der Waals surface area (Å²) < 4.78 is 5.68. The van der Waals surface area contributed by atoms with Gasteiger partial charge in [-0.1, -0.05) is 31.9 Å². The molecule has 0 aromatic heterocycles. The normalized spacial score (nSPS) is 11.6. The number of rotatable bonds is 8. The first-order valence-electron chi connectivity index (χ1n) is 7.02. The number of ether oxygens (including phenoxy) is 1. The molecule has 0 spiro atoms. The van der Waals surface area contributed by atoms with Gasteiger partial charge in [0.2, 0.25) is 0 Å². The Hall–Kier alpha value is -1.02. The molecule has 2 nitrogen and oxygen atoms in total. The van der Waals surface area contributed by atoms with Crippen molar-refractivity contribution in [2.45, 2.75) is 58.4 Å². The average molecular weight is 249 g/mol. The van der Waals surface area contributed by atoms with E-state index in [1.165, 1.54) is 18.4 Å². The van der Waals surface area contributed by atoms with Gasteiger partial charge in [0.25, 0.3) is 0 Å². The lowest BCUT2D eigenvalue weighted by atomic mass is 9.97. The fraction of sp³-hybridized carbons (Fsp3) is 0.625. The lowest BCUT2D eigenvalue weighted by molar-refractivity contribution is 0.306. The first-order chi connectivity index (χ1) is 8.51. The summed E-state index contributed by atoms with van der Waals surface area (Å²) in [5, 5.41) is 0. The number of benzene rings is 1. The lowest BCUT2D eigenvalue weighted by Crippen LogP contribution is -2.32. The third-order valence-electron chi connectivity index (χ3n) is 3.00. The van der Waals surface area contributed by atoms with E-state index in [2.05, 4.69) is 45.0 Å². The van der Waals surface area contributed by atoms with Crippen LogP contribution in [0.25, 0.3) is 0 Å². The zero-order valence-electron chi connectivity index (χ0n) is 12.0. The van der Waals surface area contributed by atoms with Crippen molar-refractivity contribution in [2.75, 3.05) is 6.61 Å². The van der Waals surface area contributed by atoms with Gasteiger partial charge in [-0.15, -0.1) is 0 Å². The van der Waals surface area contributed by atoms with E-state index in [1.54, 1.807) is 0 Å². The van der Waals surface area contributed by atoms with Crippen molar-refractivity contribution >= 4 is 0 Å². The Morgan fingerprint density at radius 3 is 2.33 bits per heavy atom. The molecule has 0 fully saturated rings. The van der Waals surface area contributed by atoms with Crippen LogP contribution in [0.3, 0.4) is 0 Å². The van der Waals surface area contributed by atoms with E-state index in [9.17, 15) is 0 Å². The highest BCUT2D eigenvalue weighted by Gasteiger charge is 2.10. The van der Waals surface area contributed by atoms with Gasteiger partial charge in [0, 0.05) is 5.54 Å². The van der Waals surface area contributed by atoms with Crippen LogP contribution in [0.15, 0.2) is 24.3 Å². The Morgan fingerprint density at radius 2 is 1.78 bits per heavy atom. The molecule has 0 atom stereocenters. The summed E-state index contributed by atoms with van der Waals surface area (Å²) in [6.07, 6.45) is 5.64. The number of hydrogen-bond acceptors (Lipinski definition) is 2. The van der Waals surface area contributed by atoms with Gasteiger partial charge in [-0.2, -0.15) is 0 Å². The Labute approximate surface area is 112 Å². The predicted molar refractivity (Wildman–Crippen MR) is 78.0 cm³/mol. The molecule has 0 saturated carbocycles. The second-order valence-corrected chi connectivity index (χ2v) is 5.69. The SMILES string of the molecule is CCCCCOc1ccc(CCC(C)(C)N)cc1. The molecule has 0 unspecified atom stereocenters. The number of nitrogens with two attached hydrogens (primary N) is 1. The molecule has 0 amide bonds. The van der Waals surface area contributed by atoms with Crippen molar-refractivity contribution in [3.05, 3.63) is 29.8 Å². The molecule has 0 aliphatic carbocycles. The van der Waals surface area contributed by atoms with Crippen LogP contribution in [0, 0.1) is 0 Å². The third kappa shape index (κ3) is 6.65. The second kappa shape index (κ2) is 7.42. The maximum atomic E-state index is 5.98. The summed E-state index contributed by atoms with van der Waals surface area (Å²) in [5.74, 6) is 0.974. The summed E-state index contributed by atoms with van der Waals surface area (Å²) in [7, 11) is 0. The Morgan fingerprint density at radius 1 is 1.11 bits per heavy atom. The molecule has 0 aliphatic rings. The van der Waals surface area contributed by atoms with Gasteiger partial charge in [-0.25, -0.2) is 0 Å². The molecule has 2 heteroatoms. The maximum Gasteiger partial charge on any atom is 0.119 e. The fourth-order valence-electron chi connectivity index (χ4n) is 1.76. The Kier molecular flexibility index (Phi) is 6.20. The largest absolute Gasteiger partial charge is 0.494 e. The van der Waals surface area contributed by atoms with Crippen molar-refractivity contribution in [3.63, 3.8) is 0 Å². The zero-order chi connectivity index (χ0) is 13.4. The minimum Gasteiger partial charge on any atom is -0.494 e. The van der Waals surface area contributed by atoms with Crippen molar-refractivity contribution in [3.8, 4) is 5.75 Å². The maximum absolute atomic E-state index is 5.98. The molecule has 1 aromatic rings. The smallest absolute Gasteiger partial charge is 0.119 e. The minimum absolute atomic E-state index is 0.0880. The van der Waals surface area contributed by atoms with Crippen molar-refractivity contribution in [2.24, 2.45) is 5.73 Å². The van der Waals surface area contributed by atoms with E-state index in [0.29, 0.717) is 0 Å². The molecule has 1 aromatic carbocycles. The quantitative estimate of drug-likeness (QED) is 0.709. The molecular weight excluding hydrogens is 222 g/mol. The van der Waals surface area contributed by atoms with Crippen LogP contribution < -0.4 is 10.5 Å². The molecular formula is C16H27NO. The van der Waals surface area contributed by atoms with E-state index in [1.807, 2.05) is 0 Å². The van der Waals surface area contributed by atoms with Crippen LogP contribution >= 0.6 is 0 Å². The molecule has 0 heterocycles. The van der Waals surface area contributed by atoms with Gasteiger partial charge < -0.3 is 10.5 Å². The van der Waals surface area contributed by atoms with Crippen LogP contribution in [-0.2, 0) is 6.42 Å². The van der Waals surface area contributed by atoms with Gasteiger partial charge >= 0.3 is 0 Å². The molecule has 0 aliphatic heterocycles. The molecule has 1 rings (SSSR count). The van der Waals surface area contributed by atoms with Crippen LogP contribution in [0.2, 0.25) is 0 Å². The molecule has 102 valence electrons. The third-order valence-corrected chi connectivity index (χ3v) is 3.00. The van der Waals surface area contributed by atoms with E-state index in [0.717, 1.165) is 31.6 Å². The van der Waals surface area contributed by atoms with Crippen molar-refractivity contribution in [1.82, 2.24) is 0 Å². The number of aryl methyl sites for hydroxylation is 1. The van der Waals surface area contributed by atoms with Crippen LogP contribution in [0.1, 0.15) is 52.0 Å².